The zero-order chi connectivity index (χ0) is 22.0. The van der Waals surface area contributed by atoms with Crippen molar-refractivity contribution in [1.82, 2.24) is 9.97 Å². The van der Waals surface area contributed by atoms with Gasteiger partial charge in [0.2, 0.25) is 0 Å². The van der Waals surface area contributed by atoms with Gasteiger partial charge >= 0.3 is 0 Å². The molecule has 3 N–H and O–H groups in total. The fraction of sp³-hybridized carbons (Fsp3) is 0.250. The minimum absolute atomic E-state index is 0.109. The molecule has 2 unspecified atom stereocenters. The molecule has 2 aromatic carbocycles. The molecule has 1 aliphatic rings. The van der Waals surface area contributed by atoms with Gasteiger partial charge in [0.25, 0.3) is 0 Å². The Hall–Kier alpha value is -3.76. The van der Waals surface area contributed by atoms with Gasteiger partial charge < -0.3 is 15.4 Å². The van der Waals surface area contributed by atoms with Crippen molar-refractivity contribution in [3.63, 3.8) is 0 Å². The number of nitriles is 1. The predicted octanol–water partition coefficient (Wildman–Crippen LogP) is 3.63. The zero-order valence-electron chi connectivity index (χ0n) is 17.5. The van der Waals surface area contributed by atoms with Crippen LogP contribution in [0.2, 0.25) is 0 Å². The number of hydrogen-bond donors (Lipinski definition) is 2. The molecule has 2 atom stereocenters. The van der Waals surface area contributed by atoms with Crippen LogP contribution in [-0.2, 0) is 4.74 Å². The molecule has 0 bridgehead atoms. The average molecular weight is 412 g/mol. The summed E-state index contributed by atoms with van der Waals surface area (Å²) < 4.78 is 5.81. The van der Waals surface area contributed by atoms with E-state index in [1.54, 1.807) is 12.1 Å². The Morgan fingerprint density at radius 2 is 1.84 bits per heavy atom. The van der Waals surface area contributed by atoms with Gasteiger partial charge in [0.05, 0.1) is 35.2 Å². The molecule has 7 nitrogen and oxygen atoms in total. The fourth-order valence-corrected chi connectivity index (χ4v) is 3.88. The van der Waals surface area contributed by atoms with Gasteiger partial charge in [-0.1, -0.05) is 18.2 Å². The third-order valence-corrected chi connectivity index (χ3v) is 5.30. The summed E-state index contributed by atoms with van der Waals surface area (Å²) in [7, 11) is 0. The van der Waals surface area contributed by atoms with Crippen molar-refractivity contribution in [2.75, 3.05) is 23.7 Å². The molecule has 0 aliphatic carbocycles. The molecule has 1 fully saturated rings. The van der Waals surface area contributed by atoms with Crippen molar-refractivity contribution in [3.05, 3.63) is 71.7 Å². The fourth-order valence-electron chi connectivity index (χ4n) is 3.88. The summed E-state index contributed by atoms with van der Waals surface area (Å²) in [6, 6.07) is 16.9. The first-order chi connectivity index (χ1) is 14.9. The molecule has 3 aromatic rings. The standard InChI is InChI=1S/C24H24N6O/c1-15-12-30(13-16(2)31-15)23-10-22(28-14-29-23)24(27)20-9-19(6-7-21(20)26)18-5-3-4-17(8-18)11-25/h3-10,14-16,27H,12-13,26H2,1-2H3. The lowest BCUT2D eigenvalue weighted by Gasteiger charge is -2.36. The van der Waals surface area contributed by atoms with E-state index in [9.17, 15) is 5.26 Å². The van der Waals surface area contributed by atoms with E-state index in [1.165, 1.54) is 6.33 Å². The number of rotatable bonds is 4. The number of nitrogens with two attached hydrogens (primary N) is 1. The third-order valence-electron chi connectivity index (χ3n) is 5.30. The Balaban J connectivity index is 1.66. The maximum absolute atomic E-state index is 9.18. The monoisotopic (exact) mass is 412 g/mol. The van der Waals surface area contributed by atoms with Crippen LogP contribution >= 0.6 is 0 Å². The first-order valence-corrected chi connectivity index (χ1v) is 10.2. The Morgan fingerprint density at radius 1 is 1.10 bits per heavy atom. The molecule has 1 aliphatic heterocycles. The highest BCUT2D eigenvalue weighted by atomic mass is 16.5. The lowest BCUT2D eigenvalue weighted by atomic mass is 9.97. The minimum Gasteiger partial charge on any atom is -0.398 e. The van der Waals surface area contributed by atoms with Crippen LogP contribution in [0.4, 0.5) is 11.5 Å². The molecule has 156 valence electrons. The van der Waals surface area contributed by atoms with E-state index in [4.69, 9.17) is 15.9 Å². The molecular formula is C24H24N6O. The van der Waals surface area contributed by atoms with Crippen LogP contribution in [0, 0.1) is 16.7 Å². The molecule has 4 rings (SSSR count). The van der Waals surface area contributed by atoms with Gasteiger partial charge in [-0.15, -0.1) is 0 Å². The van der Waals surface area contributed by atoms with Crippen molar-refractivity contribution in [3.8, 4) is 17.2 Å². The number of nitrogen functional groups attached to an aromatic ring is 1. The van der Waals surface area contributed by atoms with Crippen LogP contribution in [0.25, 0.3) is 11.1 Å². The first-order valence-electron chi connectivity index (χ1n) is 10.2. The number of ether oxygens (including phenoxy) is 1. The normalized spacial score (nSPS) is 18.4. The van der Waals surface area contributed by atoms with Crippen molar-refractivity contribution >= 4 is 17.2 Å². The SMILES string of the molecule is CC1CN(c2cc(C(=N)c3cc(-c4cccc(C#N)c4)ccc3N)ncn2)CC(C)O1. The van der Waals surface area contributed by atoms with Crippen LogP contribution in [0.5, 0.6) is 0 Å². The summed E-state index contributed by atoms with van der Waals surface area (Å²) in [4.78, 5) is 10.9. The molecule has 31 heavy (non-hydrogen) atoms. The lowest BCUT2D eigenvalue weighted by molar-refractivity contribution is -0.00546. The second-order valence-electron chi connectivity index (χ2n) is 7.79. The summed E-state index contributed by atoms with van der Waals surface area (Å²) in [5.41, 5.74) is 10.4. The molecule has 2 heterocycles. The van der Waals surface area contributed by atoms with Gasteiger partial charge in [-0.25, -0.2) is 9.97 Å². The van der Waals surface area contributed by atoms with Crippen molar-refractivity contribution in [2.24, 2.45) is 0 Å². The number of benzene rings is 2. The molecule has 0 amide bonds. The van der Waals surface area contributed by atoms with Crippen molar-refractivity contribution < 1.29 is 4.74 Å². The van der Waals surface area contributed by atoms with E-state index in [2.05, 4.69) is 20.9 Å². The number of aromatic nitrogens is 2. The number of morpholine rings is 1. The molecule has 0 spiro atoms. The largest absolute Gasteiger partial charge is 0.398 e. The Morgan fingerprint density at radius 3 is 2.58 bits per heavy atom. The minimum atomic E-state index is 0.109. The van der Waals surface area contributed by atoms with Crippen molar-refractivity contribution in [1.29, 1.82) is 10.7 Å². The van der Waals surface area contributed by atoms with Gasteiger partial charge in [0, 0.05) is 30.4 Å². The molecule has 0 radical (unpaired) electrons. The zero-order valence-corrected chi connectivity index (χ0v) is 17.5. The van der Waals surface area contributed by atoms with Gasteiger partial charge in [-0.3, -0.25) is 5.41 Å². The van der Waals surface area contributed by atoms with E-state index in [0.29, 0.717) is 22.5 Å². The van der Waals surface area contributed by atoms with Crippen LogP contribution in [0.3, 0.4) is 0 Å². The Bertz CT molecular complexity index is 1160. The summed E-state index contributed by atoms with van der Waals surface area (Å²) in [5.74, 6) is 0.771. The van der Waals surface area contributed by atoms with E-state index < -0.39 is 0 Å². The quantitative estimate of drug-likeness (QED) is 0.500. The highest BCUT2D eigenvalue weighted by Crippen LogP contribution is 2.27. The number of nitrogens with zero attached hydrogens (tertiary/aromatic N) is 4. The van der Waals surface area contributed by atoms with Gasteiger partial charge in [-0.05, 0) is 49.2 Å². The Labute approximate surface area is 181 Å². The molecule has 1 saturated heterocycles. The summed E-state index contributed by atoms with van der Waals surface area (Å²) in [5, 5.41) is 18.0. The average Bonchev–Trinajstić information content (AvgIpc) is 2.78. The number of hydrogen-bond acceptors (Lipinski definition) is 7. The van der Waals surface area contributed by atoms with Gasteiger partial charge in [-0.2, -0.15) is 5.26 Å². The maximum atomic E-state index is 9.18. The van der Waals surface area contributed by atoms with Crippen molar-refractivity contribution in [2.45, 2.75) is 26.1 Å². The topological polar surface area (TPSA) is 112 Å². The molecule has 1 aromatic heterocycles. The summed E-state index contributed by atoms with van der Waals surface area (Å²) in [6.45, 7) is 5.56. The van der Waals surface area contributed by atoms with E-state index in [1.807, 2.05) is 50.2 Å². The second-order valence-corrected chi connectivity index (χ2v) is 7.79. The maximum Gasteiger partial charge on any atom is 0.132 e. The van der Waals surface area contributed by atoms with Gasteiger partial charge in [0.15, 0.2) is 0 Å². The highest BCUT2D eigenvalue weighted by Gasteiger charge is 2.24. The lowest BCUT2D eigenvalue weighted by Crippen LogP contribution is -2.45. The molecular weight excluding hydrogens is 388 g/mol. The van der Waals surface area contributed by atoms with Crippen LogP contribution < -0.4 is 10.6 Å². The number of nitrogens with one attached hydrogen (secondary N) is 1. The van der Waals surface area contributed by atoms with E-state index in [0.717, 1.165) is 30.0 Å². The van der Waals surface area contributed by atoms with Crippen LogP contribution in [0.15, 0.2) is 54.9 Å². The van der Waals surface area contributed by atoms with E-state index in [-0.39, 0.29) is 17.9 Å². The van der Waals surface area contributed by atoms with Crippen LogP contribution in [-0.4, -0.2) is 41.0 Å². The predicted molar refractivity (Wildman–Crippen MR) is 121 cm³/mol. The van der Waals surface area contributed by atoms with Crippen LogP contribution in [0.1, 0.15) is 30.7 Å². The summed E-state index contributed by atoms with van der Waals surface area (Å²) >= 11 is 0. The third kappa shape index (κ3) is 4.39. The smallest absolute Gasteiger partial charge is 0.132 e. The Kier molecular flexibility index (Phi) is 5.65. The molecule has 0 saturated carbocycles. The second kappa shape index (κ2) is 8.54. The highest BCUT2D eigenvalue weighted by molar-refractivity contribution is 6.13. The van der Waals surface area contributed by atoms with E-state index >= 15 is 0 Å². The molecule has 7 heteroatoms. The number of anilines is 2. The summed E-state index contributed by atoms with van der Waals surface area (Å²) in [6.07, 6.45) is 1.71. The first kappa shape index (κ1) is 20.5. The van der Waals surface area contributed by atoms with Gasteiger partial charge in [0.1, 0.15) is 12.1 Å².